The summed E-state index contributed by atoms with van der Waals surface area (Å²) in [5, 5.41) is 10.7. The summed E-state index contributed by atoms with van der Waals surface area (Å²) in [5.74, 6) is 0.242. The van der Waals surface area contributed by atoms with Crippen LogP contribution < -0.4 is 0 Å². The number of ether oxygens (including phenoxy) is 4. The number of phosphoric acid groups is 2. The van der Waals surface area contributed by atoms with Crippen molar-refractivity contribution in [2.45, 2.75) is 458 Å². The normalized spacial score (nSPS) is 14.2. The molecule has 0 aliphatic carbocycles. The van der Waals surface area contributed by atoms with Crippen molar-refractivity contribution >= 4 is 39.5 Å². The first kappa shape index (κ1) is 101. The molecule has 3 unspecified atom stereocenters. The van der Waals surface area contributed by atoms with Gasteiger partial charge < -0.3 is 33.8 Å². The molecule has 0 amide bonds. The Labute approximate surface area is 632 Å². The standard InChI is InChI=1S/C84H164O17P2/c1-8-10-11-12-13-14-15-16-17-20-24-27-30-36-44-51-58-65-81(86)94-71-79(100-83(88)67-60-53-46-37-31-28-25-22-19-18-21-23-26-29-34-41-48-55-62-75(3)4)73-98-102(90,91)96-69-78(85)70-97-103(92,93)99-74-80(72-95-82(87)66-59-52-45-40-39-42-49-56-63-76(5)6)101-84(89)68-61-54-47-38-33-32-35-43-50-57-64-77(7)9-2/h75-80,85H,8-74H2,1-7H3,(H,90,91)(H,92,93)/t77?,78-,79-,80-/m1/s1. The molecule has 0 aromatic carbocycles. The van der Waals surface area contributed by atoms with E-state index in [-0.39, 0.29) is 25.7 Å². The van der Waals surface area contributed by atoms with Crippen LogP contribution in [-0.2, 0) is 65.4 Å². The molecule has 0 saturated carbocycles. The lowest BCUT2D eigenvalue weighted by Gasteiger charge is -2.21. The van der Waals surface area contributed by atoms with Gasteiger partial charge >= 0.3 is 39.5 Å². The predicted octanol–water partition coefficient (Wildman–Crippen LogP) is 25.3. The summed E-state index contributed by atoms with van der Waals surface area (Å²) in [6.45, 7) is 12.0. The van der Waals surface area contributed by atoms with Gasteiger partial charge in [0, 0.05) is 25.7 Å². The molecule has 0 fully saturated rings. The lowest BCUT2D eigenvalue weighted by Crippen LogP contribution is -2.30. The van der Waals surface area contributed by atoms with Crippen molar-refractivity contribution in [2.24, 2.45) is 17.8 Å². The number of esters is 4. The summed E-state index contributed by atoms with van der Waals surface area (Å²) in [4.78, 5) is 73.1. The van der Waals surface area contributed by atoms with E-state index in [2.05, 4.69) is 48.5 Å². The zero-order valence-electron chi connectivity index (χ0n) is 67.8. The fourth-order valence-electron chi connectivity index (χ4n) is 13.0. The predicted molar refractivity (Wildman–Crippen MR) is 423 cm³/mol. The molecule has 612 valence electrons. The molecule has 0 aliphatic rings. The maximum atomic E-state index is 13.1. The fraction of sp³-hybridized carbons (Fsp3) is 0.952. The SMILES string of the molecule is CCCCCCCCCCCCCCCCCCCC(=O)OC[C@H](COP(=O)(O)OC[C@@H](O)COP(=O)(O)OC[C@@H](COC(=O)CCCCCCCCCCC(C)C)OC(=O)CCCCCCCCCCCCC(C)CC)OC(=O)CCCCCCCCCCCCCCCCCCCCC(C)C. The van der Waals surface area contributed by atoms with Crippen molar-refractivity contribution in [3.05, 3.63) is 0 Å². The van der Waals surface area contributed by atoms with Gasteiger partial charge in [0.05, 0.1) is 26.4 Å². The van der Waals surface area contributed by atoms with Gasteiger partial charge in [-0.15, -0.1) is 0 Å². The Bertz CT molecular complexity index is 1990. The Hall–Kier alpha value is -1.94. The van der Waals surface area contributed by atoms with Crippen molar-refractivity contribution in [2.75, 3.05) is 39.6 Å². The van der Waals surface area contributed by atoms with Gasteiger partial charge in [-0.2, -0.15) is 0 Å². The van der Waals surface area contributed by atoms with Crippen molar-refractivity contribution < 1.29 is 80.2 Å². The fourth-order valence-corrected chi connectivity index (χ4v) is 14.6. The van der Waals surface area contributed by atoms with E-state index in [1.807, 2.05) is 0 Å². The van der Waals surface area contributed by atoms with E-state index < -0.39 is 97.5 Å². The van der Waals surface area contributed by atoms with E-state index in [1.165, 1.54) is 250 Å². The molecule has 0 aromatic heterocycles. The zero-order valence-corrected chi connectivity index (χ0v) is 69.6. The van der Waals surface area contributed by atoms with Crippen LogP contribution in [0.3, 0.4) is 0 Å². The topological polar surface area (TPSA) is 237 Å². The van der Waals surface area contributed by atoms with Crippen LogP contribution in [0.5, 0.6) is 0 Å². The van der Waals surface area contributed by atoms with E-state index in [4.69, 9.17) is 37.0 Å². The van der Waals surface area contributed by atoms with E-state index in [1.54, 1.807) is 0 Å². The summed E-state index contributed by atoms with van der Waals surface area (Å²) in [5.41, 5.74) is 0. The van der Waals surface area contributed by atoms with Gasteiger partial charge in [-0.25, -0.2) is 9.13 Å². The number of aliphatic hydroxyl groups is 1. The molecule has 0 bridgehead atoms. The van der Waals surface area contributed by atoms with Gasteiger partial charge in [0.15, 0.2) is 12.2 Å². The average molecular weight is 1510 g/mol. The smallest absolute Gasteiger partial charge is 0.462 e. The van der Waals surface area contributed by atoms with Gasteiger partial charge in [0.1, 0.15) is 19.3 Å². The largest absolute Gasteiger partial charge is 0.472 e. The molecule has 103 heavy (non-hydrogen) atoms. The molecule has 0 aromatic rings. The van der Waals surface area contributed by atoms with Gasteiger partial charge in [0.2, 0.25) is 0 Å². The van der Waals surface area contributed by atoms with Gasteiger partial charge in [-0.1, -0.05) is 389 Å². The third-order valence-corrected chi connectivity index (χ3v) is 21.9. The van der Waals surface area contributed by atoms with Crippen molar-refractivity contribution in [1.29, 1.82) is 0 Å². The highest BCUT2D eigenvalue weighted by atomic mass is 31.2. The van der Waals surface area contributed by atoms with E-state index in [9.17, 15) is 43.2 Å². The van der Waals surface area contributed by atoms with Crippen molar-refractivity contribution in [3.63, 3.8) is 0 Å². The van der Waals surface area contributed by atoms with Gasteiger partial charge in [0.25, 0.3) is 0 Å². The second-order valence-corrected chi connectivity index (χ2v) is 34.3. The molecule has 19 heteroatoms. The molecule has 17 nitrogen and oxygen atoms in total. The Morgan fingerprint density at radius 3 is 0.738 bits per heavy atom. The molecule has 0 spiro atoms. The second kappa shape index (κ2) is 74.2. The van der Waals surface area contributed by atoms with Crippen LogP contribution in [0.2, 0.25) is 0 Å². The van der Waals surface area contributed by atoms with Crippen molar-refractivity contribution in [3.8, 4) is 0 Å². The first-order valence-electron chi connectivity index (χ1n) is 43.4. The number of phosphoric ester groups is 2. The number of carbonyl (C=O) groups is 4. The lowest BCUT2D eigenvalue weighted by molar-refractivity contribution is -0.161. The first-order chi connectivity index (χ1) is 49.8. The monoisotopic (exact) mass is 1510 g/mol. The van der Waals surface area contributed by atoms with Crippen LogP contribution in [0.15, 0.2) is 0 Å². The number of unbranched alkanes of at least 4 members (excludes halogenated alkanes) is 49. The molecule has 0 saturated heterocycles. The minimum atomic E-state index is -4.96. The highest BCUT2D eigenvalue weighted by Crippen LogP contribution is 2.45. The maximum Gasteiger partial charge on any atom is 0.472 e. The minimum absolute atomic E-state index is 0.106. The molecule has 0 rings (SSSR count). The number of hydrogen-bond acceptors (Lipinski definition) is 15. The summed E-state index contributed by atoms with van der Waals surface area (Å²) < 4.78 is 68.8. The number of rotatable bonds is 82. The second-order valence-electron chi connectivity index (χ2n) is 31.4. The van der Waals surface area contributed by atoms with Crippen LogP contribution >= 0.6 is 15.6 Å². The summed E-state index contributed by atoms with van der Waals surface area (Å²) in [6.07, 6.45) is 63.8. The molecule has 3 N–H and O–H groups in total. The van der Waals surface area contributed by atoms with E-state index in [0.29, 0.717) is 25.7 Å². The Morgan fingerprint density at radius 2 is 0.495 bits per heavy atom. The Kier molecular flexibility index (Phi) is 72.8. The third-order valence-electron chi connectivity index (χ3n) is 20.0. The molecule has 6 atom stereocenters. The summed E-state index contributed by atoms with van der Waals surface area (Å²) in [7, 11) is -9.93. The van der Waals surface area contributed by atoms with Crippen LogP contribution in [0.25, 0.3) is 0 Å². The molecular weight excluding hydrogens is 1340 g/mol. The highest BCUT2D eigenvalue weighted by Gasteiger charge is 2.30. The van der Waals surface area contributed by atoms with Crippen LogP contribution in [-0.4, -0.2) is 96.7 Å². The Morgan fingerprint density at radius 1 is 0.282 bits per heavy atom. The average Bonchev–Trinajstić information content (AvgIpc) is 0.911. The van der Waals surface area contributed by atoms with Gasteiger partial charge in [-0.3, -0.25) is 37.3 Å². The molecule has 0 heterocycles. The van der Waals surface area contributed by atoms with Crippen LogP contribution in [0, 0.1) is 17.8 Å². The maximum absolute atomic E-state index is 13.1. The minimum Gasteiger partial charge on any atom is -0.462 e. The Balaban J connectivity index is 5.24. The quantitative estimate of drug-likeness (QED) is 0.0222. The first-order valence-corrected chi connectivity index (χ1v) is 46.4. The van der Waals surface area contributed by atoms with Crippen molar-refractivity contribution in [1.82, 2.24) is 0 Å². The highest BCUT2D eigenvalue weighted by molar-refractivity contribution is 7.47. The number of hydrogen-bond donors (Lipinski definition) is 3. The summed E-state index contributed by atoms with van der Waals surface area (Å²) >= 11 is 0. The summed E-state index contributed by atoms with van der Waals surface area (Å²) in [6, 6.07) is 0. The van der Waals surface area contributed by atoms with Crippen LogP contribution in [0.4, 0.5) is 0 Å². The van der Waals surface area contributed by atoms with Gasteiger partial charge in [-0.05, 0) is 43.4 Å². The number of aliphatic hydroxyl groups excluding tert-OH is 1. The molecular formula is C84H164O17P2. The van der Waals surface area contributed by atoms with E-state index in [0.717, 1.165) is 108 Å². The van der Waals surface area contributed by atoms with Crippen LogP contribution in [0.1, 0.15) is 440 Å². The number of carbonyl (C=O) groups excluding carboxylic acids is 4. The lowest BCUT2D eigenvalue weighted by atomic mass is 9.99. The molecule has 0 aliphatic heterocycles. The molecule has 0 radical (unpaired) electrons. The van der Waals surface area contributed by atoms with E-state index >= 15 is 0 Å². The third kappa shape index (κ3) is 76.6. The zero-order chi connectivity index (χ0) is 75.8.